The molecule has 1 aliphatic heterocycles. The van der Waals surface area contributed by atoms with E-state index in [2.05, 4.69) is 20.9 Å². The number of thioether (sulfide) groups is 1. The van der Waals surface area contributed by atoms with Crippen LogP contribution in [0.3, 0.4) is 0 Å². The van der Waals surface area contributed by atoms with Gasteiger partial charge in [-0.25, -0.2) is 4.99 Å². The maximum absolute atomic E-state index is 12.8. The molecule has 2 aromatic rings. The molecule has 0 aromatic heterocycles. The highest BCUT2D eigenvalue weighted by atomic mass is 79.9. The van der Waals surface area contributed by atoms with Crippen LogP contribution in [0.2, 0.25) is 0 Å². The molecule has 1 fully saturated rings. The van der Waals surface area contributed by atoms with Crippen LogP contribution >= 0.6 is 27.7 Å². The summed E-state index contributed by atoms with van der Waals surface area (Å²) in [5, 5.41) is 0.676. The van der Waals surface area contributed by atoms with Crippen molar-refractivity contribution in [3.63, 3.8) is 0 Å². The van der Waals surface area contributed by atoms with Crippen molar-refractivity contribution in [2.45, 2.75) is 13.8 Å². The highest BCUT2D eigenvalue weighted by molar-refractivity contribution is 9.10. The summed E-state index contributed by atoms with van der Waals surface area (Å²) in [7, 11) is 1.62. The minimum atomic E-state index is -0.0378. The van der Waals surface area contributed by atoms with E-state index in [9.17, 15) is 4.79 Å². The zero-order valence-electron chi connectivity index (χ0n) is 15.9. The summed E-state index contributed by atoms with van der Waals surface area (Å²) in [6.07, 6.45) is 1.88. The van der Waals surface area contributed by atoms with Gasteiger partial charge in [-0.1, -0.05) is 6.07 Å². The average Bonchev–Trinajstić information content (AvgIpc) is 2.98. The SMILES string of the molecule is CCOc1ccc(N=C2S/C(=C/c3ccc(OC)c(Br)c3)C(=O)N2CC)cc1. The molecule has 5 nitrogen and oxygen atoms in total. The van der Waals surface area contributed by atoms with Gasteiger partial charge in [-0.2, -0.15) is 0 Å². The lowest BCUT2D eigenvalue weighted by Gasteiger charge is -2.12. The standard InChI is InChI=1S/C21H21BrN2O3S/c1-4-24-20(25)19(13-14-6-11-18(26-3)17(22)12-14)28-21(24)23-15-7-9-16(10-8-15)27-5-2/h6-13H,4-5H2,1-3H3/b19-13+,23-21?. The molecule has 1 heterocycles. The van der Waals surface area contributed by atoms with E-state index < -0.39 is 0 Å². The van der Waals surface area contributed by atoms with Crippen LogP contribution < -0.4 is 9.47 Å². The van der Waals surface area contributed by atoms with E-state index >= 15 is 0 Å². The van der Waals surface area contributed by atoms with Crippen molar-refractivity contribution in [2.24, 2.45) is 4.99 Å². The summed E-state index contributed by atoms with van der Waals surface area (Å²) in [6, 6.07) is 13.3. The lowest BCUT2D eigenvalue weighted by Crippen LogP contribution is -2.28. The molecule has 0 radical (unpaired) electrons. The zero-order chi connectivity index (χ0) is 20.1. The molecule has 0 saturated carbocycles. The van der Waals surface area contributed by atoms with Gasteiger partial charge in [0.25, 0.3) is 5.91 Å². The highest BCUT2D eigenvalue weighted by Gasteiger charge is 2.32. The van der Waals surface area contributed by atoms with E-state index in [1.807, 2.05) is 62.4 Å². The molecule has 0 bridgehead atoms. The molecule has 146 valence electrons. The van der Waals surface area contributed by atoms with Crippen molar-refractivity contribution in [3.8, 4) is 11.5 Å². The summed E-state index contributed by atoms with van der Waals surface area (Å²) < 4.78 is 11.6. The number of methoxy groups -OCH3 is 1. The molecule has 1 saturated heterocycles. The number of halogens is 1. The largest absolute Gasteiger partial charge is 0.496 e. The fourth-order valence-electron chi connectivity index (χ4n) is 2.69. The van der Waals surface area contributed by atoms with Gasteiger partial charge in [-0.05, 0) is 89.6 Å². The van der Waals surface area contributed by atoms with Crippen LogP contribution in [0.15, 0.2) is 56.8 Å². The van der Waals surface area contributed by atoms with Gasteiger partial charge in [0.1, 0.15) is 11.5 Å². The van der Waals surface area contributed by atoms with E-state index in [-0.39, 0.29) is 5.91 Å². The molecule has 1 aliphatic rings. The summed E-state index contributed by atoms with van der Waals surface area (Å²) >= 11 is 4.86. The second-order valence-corrected chi connectivity index (χ2v) is 7.74. The maximum Gasteiger partial charge on any atom is 0.266 e. The fourth-order valence-corrected chi connectivity index (χ4v) is 4.31. The number of hydrogen-bond acceptors (Lipinski definition) is 5. The third kappa shape index (κ3) is 4.59. The predicted molar refractivity (Wildman–Crippen MR) is 118 cm³/mol. The number of rotatable bonds is 6. The van der Waals surface area contributed by atoms with Crippen LogP contribution in [-0.4, -0.2) is 36.2 Å². The van der Waals surface area contributed by atoms with Gasteiger partial charge in [0, 0.05) is 6.54 Å². The second kappa shape index (κ2) is 9.30. The van der Waals surface area contributed by atoms with E-state index in [0.717, 1.165) is 27.2 Å². The Morgan fingerprint density at radius 3 is 2.54 bits per heavy atom. The van der Waals surface area contributed by atoms with Crippen LogP contribution in [0, 0.1) is 0 Å². The number of ether oxygens (including phenoxy) is 2. The van der Waals surface area contributed by atoms with Crippen molar-refractivity contribution >= 4 is 50.5 Å². The lowest BCUT2D eigenvalue weighted by atomic mass is 10.2. The number of carbonyl (C=O) groups is 1. The lowest BCUT2D eigenvalue weighted by molar-refractivity contribution is -0.122. The predicted octanol–water partition coefficient (Wildman–Crippen LogP) is 5.48. The van der Waals surface area contributed by atoms with Crippen molar-refractivity contribution in [1.82, 2.24) is 4.90 Å². The molecular weight excluding hydrogens is 440 g/mol. The van der Waals surface area contributed by atoms with Crippen LogP contribution in [0.5, 0.6) is 11.5 Å². The first-order valence-electron chi connectivity index (χ1n) is 8.92. The molecule has 1 amide bonds. The van der Waals surface area contributed by atoms with Gasteiger partial charge in [0.2, 0.25) is 0 Å². The first-order valence-corrected chi connectivity index (χ1v) is 10.5. The Labute approximate surface area is 177 Å². The Morgan fingerprint density at radius 2 is 1.93 bits per heavy atom. The van der Waals surface area contributed by atoms with Crippen molar-refractivity contribution in [3.05, 3.63) is 57.4 Å². The smallest absolute Gasteiger partial charge is 0.266 e. The Kier molecular flexibility index (Phi) is 6.80. The minimum absolute atomic E-state index is 0.0378. The highest BCUT2D eigenvalue weighted by Crippen LogP contribution is 2.35. The molecule has 7 heteroatoms. The maximum atomic E-state index is 12.8. The third-order valence-corrected chi connectivity index (χ3v) is 5.68. The summed E-state index contributed by atoms with van der Waals surface area (Å²) in [5.41, 5.74) is 1.70. The first kappa shape index (κ1) is 20.5. The Morgan fingerprint density at radius 1 is 1.18 bits per heavy atom. The van der Waals surface area contributed by atoms with Crippen LogP contribution in [0.4, 0.5) is 5.69 Å². The Bertz CT molecular complexity index is 926. The molecule has 0 N–H and O–H groups in total. The van der Waals surface area contributed by atoms with Crippen LogP contribution in [0.25, 0.3) is 6.08 Å². The van der Waals surface area contributed by atoms with Crippen molar-refractivity contribution in [2.75, 3.05) is 20.3 Å². The summed E-state index contributed by atoms with van der Waals surface area (Å²) in [4.78, 5) is 19.8. The number of nitrogens with zero attached hydrogens (tertiary/aromatic N) is 2. The number of likely N-dealkylation sites (N-methyl/N-ethyl adjacent to an activating group) is 1. The number of aliphatic imine (C=N–C) groups is 1. The minimum Gasteiger partial charge on any atom is -0.496 e. The number of carbonyl (C=O) groups excluding carboxylic acids is 1. The van der Waals surface area contributed by atoms with Gasteiger partial charge in [-0.3, -0.25) is 9.69 Å². The summed E-state index contributed by atoms with van der Waals surface area (Å²) in [6.45, 7) is 5.07. The first-order chi connectivity index (χ1) is 13.5. The molecule has 0 aliphatic carbocycles. The fraction of sp³-hybridized carbons (Fsp3) is 0.238. The van der Waals surface area contributed by atoms with Gasteiger partial charge in [0.05, 0.1) is 28.8 Å². The van der Waals surface area contributed by atoms with Crippen LogP contribution in [0.1, 0.15) is 19.4 Å². The molecule has 0 atom stereocenters. The molecule has 2 aromatic carbocycles. The van der Waals surface area contributed by atoms with Gasteiger partial charge in [0.15, 0.2) is 5.17 Å². The quantitative estimate of drug-likeness (QED) is 0.535. The molecular formula is C21H21BrN2O3S. The van der Waals surface area contributed by atoms with E-state index in [1.54, 1.807) is 12.0 Å². The molecule has 28 heavy (non-hydrogen) atoms. The van der Waals surface area contributed by atoms with Crippen molar-refractivity contribution < 1.29 is 14.3 Å². The Balaban J connectivity index is 1.86. The van der Waals surface area contributed by atoms with Gasteiger partial charge < -0.3 is 9.47 Å². The van der Waals surface area contributed by atoms with Gasteiger partial charge in [-0.15, -0.1) is 0 Å². The van der Waals surface area contributed by atoms with Crippen molar-refractivity contribution in [1.29, 1.82) is 0 Å². The normalized spacial score (nSPS) is 16.9. The molecule has 3 rings (SSSR count). The third-order valence-electron chi connectivity index (χ3n) is 4.05. The number of hydrogen-bond donors (Lipinski definition) is 0. The Hall–Kier alpha value is -2.25. The van der Waals surface area contributed by atoms with E-state index in [4.69, 9.17) is 9.47 Å². The topological polar surface area (TPSA) is 51.1 Å². The summed E-state index contributed by atoms with van der Waals surface area (Å²) in [5.74, 6) is 1.52. The van der Waals surface area contributed by atoms with E-state index in [0.29, 0.717) is 23.2 Å². The zero-order valence-corrected chi connectivity index (χ0v) is 18.3. The molecule has 0 unspecified atom stereocenters. The van der Waals surface area contributed by atoms with E-state index in [1.165, 1.54) is 11.8 Å². The second-order valence-electron chi connectivity index (χ2n) is 5.88. The number of amidine groups is 1. The van der Waals surface area contributed by atoms with Crippen LogP contribution in [-0.2, 0) is 4.79 Å². The molecule has 0 spiro atoms. The average molecular weight is 461 g/mol. The number of amides is 1. The monoisotopic (exact) mass is 460 g/mol. The van der Waals surface area contributed by atoms with Gasteiger partial charge >= 0.3 is 0 Å². The number of benzene rings is 2.